The third-order valence-corrected chi connectivity index (χ3v) is 7.15. The number of nitrogens with one attached hydrogen (secondary N) is 1. The van der Waals surface area contributed by atoms with Crippen molar-refractivity contribution in [2.24, 2.45) is 5.10 Å². The molecule has 0 aliphatic heterocycles. The molecule has 3 aromatic carbocycles. The lowest BCUT2D eigenvalue weighted by Gasteiger charge is -2.11. The highest BCUT2D eigenvalue weighted by Gasteiger charge is 2.16. The second-order valence-corrected chi connectivity index (χ2v) is 10.2. The van der Waals surface area contributed by atoms with Crippen molar-refractivity contribution in [3.63, 3.8) is 0 Å². The Kier molecular flexibility index (Phi) is 7.24. The number of amides is 1. The first-order valence-corrected chi connectivity index (χ1v) is 13.4. The van der Waals surface area contributed by atoms with Gasteiger partial charge < -0.3 is 9.88 Å². The Bertz CT molecular complexity index is 1770. The number of carbonyl (C=O) groups is 1. The molecule has 0 radical (unpaired) electrons. The lowest BCUT2D eigenvalue weighted by atomic mass is 10.1. The highest BCUT2D eigenvalue weighted by Crippen LogP contribution is 2.25. The number of aryl methyl sites for hydroxylation is 2. The zero-order chi connectivity index (χ0) is 26.8. The molecule has 5 rings (SSSR count). The molecule has 2 heterocycles. The summed E-state index contributed by atoms with van der Waals surface area (Å²) in [6.45, 7) is 6.14. The van der Waals surface area contributed by atoms with E-state index in [1.54, 1.807) is 12.3 Å². The molecule has 38 heavy (non-hydrogen) atoms. The molecule has 0 bridgehead atoms. The lowest BCUT2D eigenvalue weighted by Crippen LogP contribution is -2.22. The molecule has 192 valence electrons. The smallest absolute Gasteiger partial charge is 0.282 e. The third-order valence-electron chi connectivity index (χ3n) is 6.65. The van der Waals surface area contributed by atoms with E-state index in [1.807, 2.05) is 86.0 Å². The first kappa shape index (κ1) is 25.6. The molecular weight excluding hydrogens is 542 g/mol. The highest BCUT2D eigenvalue weighted by atomic mass is 79.9. The Morgan fingerprint density at radius 1 is 1.05 bits per heavy atom. The molecule has 0 unspecified atom stereocenters. The maximum atomic E-state index is 13.4. The second kappa shape index (κ2) is 10.8. The summed E-state index contributed by atoms with van der Waals surface area (Å²) in [6, 6.07) is 21.1. The molecule has 0 saturated carbocycles. The van der Waals surface area contributed by atoms with Crippen LogP contribution in [0.2, 0.25) is 0 Å². The fourth-order valence-electron chi connectivity index (χ4n) is 4.69. The number of benzene rings is 3. The van der Waals surface area contributed by atoms with Gasteiger partial charge >= 0.3 is 0 Å². The van der Waals surface area contributed by atoms with Crippen molar-refractivity contribution in [3.8, 4) is 0 Å². The SMILES string of the molecule is CCCc1nc2ccc(Br)cc2c(=O)n1N=Cc1c(C)n(CC(=O)Nc2ccccc2C)c2ccccc12. The number of hydrogen-bond donors (Lipinski definition) is 1. The van der Waals surface area contributed by atoms with E-state index in [-0.39, 0.29) is 18.0 Å². The molecule has 5 aromatic rings. The van der Waals surface area contributed by atoms with Crippen molar-refractivity contribution < 1.29 is 4.79 Å². The molecule has 0 spiro atoms. The Hall–Kier alpha value is -4.04. The van der Waals surface area contributed by atoms with Crippen molar-refractivity contribution in [2.75, 3.05) is 5.32 Å². The minimum atomic E-state index is -0.213. The fraction of sp³-hybridized carbons (Fsp3) is 0.200. The van der Waals surface area contributed by atoms with Gasteiger partial charge in [0.05, 0.1) is 17.1 Å². The summed E-state index contributed by atoms with van der Waals surface area (Å²) in [5.74, 6) is 0.500. The fourth-order valence-corrected chi connectivity index (χ4v) is 5.05. The number of rotatable bonds is 7. The van der Waals surface area contributed by atoms with Crippen LogP contribution in [-0.2, 0) is 17.8 Å². The predicted molar refractivity (Wildman–Crippen MR) is 157 cm³/mol. The van der Waals surface area contributed by atoms with Gasteiger partial charge in [-0.2, -0.15) is 9.78 Å². The number of anilines is 1. The summed E-state index contributed by atoms with van der Waals surface area (Å²) in [4.78, 5) is 31.2. The monoisotopic (exact) mass is 569 g/mol. The van der Waals surface area contributed by atoms with Crippen LogP contribution < -0.4 is 10.9 Å². The maximum absolute atomic E-state index is 13.4. The van der Waals surface area contributed by atoms with Gasteiger partial charge in [0.15, 0.2) is 0 Å². The van der Waals surface area contributed by atoms with Crippen molar-refractivity contribution in [2.45, 2.75) is 40.2 Å². The Balaban J connectivity index is 1.56. The zero-order valence-electron chi connectivity index (χ0n) is 21.5. The normalized spacial score (nSPS) is 11.6. The molecule has 0 aliphatic carbocycles. The molecule has 0 fully saturated rings. The van der Waals surface area contributed by atoms with E-state index in [0.717, 1.165) is 44.3 Å². The molecule has 0 saturated heterocycles. The summed E-state index contributed by atoms with van der Waals surface area (Å²) >= 11 is 3.45. The van der Waals surface area contributed by atoms with Gasteiger partial charge in [-0.15, -0.1) is 0 Å². The van der Waals surface area contributed by atoms with Gasteiger partial charge in [-0.1, -0.05) is 59.3 Å². The van der Waals surface area contributed by atoms with E-state index in [9.17, 15) is 9.59 Å². The van der Waals surface area contributed by atoms with Crippen LogP contribution in [0.3, 0.4) is 0 Å². The quantitative estimate of drug-likeness (QED) is 0.237. The molecule has 8 heteroatoms. The summed E-state index contributed by atoms with van der Waals surface area (Å²) in [6.07, 6.45) is 3.16. The van der Waals surface area contributed by atoms with Gasteiger partial charge in [0.25, 0.3) is 5.56 Å². The van der Waals surface area contributed by atoms with Gasteiger partial charge in [0.2, 0.25) is 5.91 Å². The molecule has 0 aliphatic rings. The standard InChI is InChI=1S/C30H28BrN5O2/c1-4-9-28-33-26-15-14-21(31)16-23(26)30(38)36(28)32-17-24-20(3)35(27-13-8-6-11-22(24)27)18-29(37)34-25-12-7-5-10-19(25)2/h5-8,10-17H,4,9,18H2,1-3H3,(H,34,37). The van der Waals surface area contributed by atoms with Crippen LogP contribution in [0.15, 0.2) is 81.1 Å². The Morgan fingerprint density at radius 3 is 2.61 bits per heavy atom. The van der Waals surface area contributed by atoms with E-state index in [0.29, 0.717) is 23.1 Å². The molecule has 7 nitrogen and oxygen atoms in total. The number of nitrogens with zero attached hydrogens (tertiary/aromatic N) is 4. The van der Waals surface area contributed by atoms with E-state index in [1.165, 1.54) is 4.68 Å². The summed E-state index contributed by atoms with van der Waals surface area (Å²) < 4.78 is 4.19. The van der Waals surface area contributed by atoms with Crippen LogP contribution in [0.4, 0.5) is 5.69 Å². The van der Waals surface area contributed by atoms with Crippen molar-refractivity contribution in [1.29, 1.82) is 0 Å². The van der Waals surface area contributed by atoms with E-state index in [4.69, 9.17) is 4.98 Å². The van der Waals surface area contributed by atoms with Crippen molar-refractivity contribution in [3.05, 3.63) is 104 Å². The number of halogens is 1. The largest absolute Gasteiger partial charge is 0.335 e. The second-order valence-electron chi connectivity index (χ2n) is 9.27. The number of carbonyl (C=O) groups excluding carboxylic acids is 1. The maximum Gasteiger partial charge on any atom is 0.282 e. The van der Waals surface area contributed by atoms with Crippen molar-refractivity contribution in [1.82, 2.24) is 14.2 Å². The average Bonchev–Trinajstić information content (AvgIpc) is 3.16. The molecule has 1 N–H and O–H groups in total. The Morgan fingerprint density at radius 2 is 1.82 bits per heavy atom. The summed E-state index contributed by atoms with van der Waals surface area (Å²) in [5.41, 5.74) is 4.91. The van der Waals surface area contributed by atoms with E-state index < -0.39 is 0 Å². The van der Waals surface area contributed by atoms with E-state index in [2.05, 4.69) is 26.3 Å². The Labute approximate surface area is 229 Å². The minimum Gasteiger partial charge on any atom is -0.335 e. The van der Waals surface area contributed by atoms with Crippen LogP contribution in [0.25, 0.3) is 21.8 Å². The van der Waals surface area contributed by atoms with Crippen LogP contribution >= 0.6 is 15.9 Å². The first-order chi connectivity index (χ1) is 18.4. The van der Waals surface area contributed by atoms with Gasteiger partial charge in [-0.25, -0.2) is 4.98 Å². The lowest BCUT2D eigenvalue weighted by molar-refractivity contribution is -0.116. The number of hydrogen-bond acceptors (Lipinski definition) is 4. The number of fused-ring (bicyclic) bond motifs is 2. The van der Waals surface area contributed by atoms with Gasteiger partial charge in [0.1, 0.15) is 12.4 Å². The highest BCUT2D eigenvalue weighted by molar-refractivity contribution is 9.10. The predicted octanol–water partition coefficient (Wildman–Crippen LogP) is 6.20. The first-order valence-electron chi connectivity index (χ1n) is 12.6. The summed E-state index contributed by atoms with van der Waals surface area (Å²) in [5, 5.41) is 9.12. The molecule has 2 aromatic heterocycles. The van der Waals surface area contributed by atoms with Crippen LogP contribution in [0.5, 0.6) is 0 Å². The number of para-hydroxylation sites is 2. The van der Waals surface area contributed by atoms with Gasteiger partial charge in [-0.05, 0) is 56.2 Å². The topological polar surface area (TPSA) is 81.3 Å². The average molecular weight is 570 g/mol. The van der Waals surface area contributed by atoms with Crippen LogP contribution in [0, 0.1) is 13.8 Å². The van der Waals surface area contributed by atoms with Crippen molar-refractivity contribution >= 4 is 55.5 Å². The summed E-state index contributed by atoms with van der Waals surface area (Å²) in [7, 11) is 0. The molecule has 0 atom stereocenters. The van der Waals surface area contributed by atoms with Gasteiger partial charge in [-0.3, -0.25) is 9.59 Å². The van der Waals surface area contributed by atoms with Crippen LogP contribution in [-0.4, -0.2) is 26.3 Å². The zero-order valence-corrected chi connectivity index (χ0v) is 23.1. The molecular formula is C30H28BrN5O2. The minimum absolute atomic E-state index is 0.114. The third kappa shape index (κ3) is 4.91. The molecule has 1 amide bonds. The van der Waals surface area contributed by atoms with Gasteiger partial charge in [0, 0.05) is 38.7 Å². The van der Waals surface area contributed by atoms with Crippen LogP contribution in [0.1, 0.15) is 36.0 Å². The van der Waals surface area contributed by atoms with E-state index >= 15 is 0 Å². The number of aromatic nitrogens is 3.